The van der Waals surface area contributed by atoms with Gasteiger partial charge in [0, 0.05) is 6.42 Å². The summed E-state index contributed by atoms with van der Waals surface area (Å²) in [5.74, 6) is -5.37. The number of carbonyl (C=O) groups is 5. The maximum Gasteiger partial charge on any atom is 0.408 e. The molecule has 190 valence electrons. The van der Waals surface area contributed by atoms with Crippen molar-refractivity contribution in [2.24, 2.45) is 5.92 Å². The highest BCUT2D eigenvalue weighted by Gasteiger charge is 2.33. The minimum absolute atomic E-state index is 0.0749. The summed E-state index contributed by atoms with van der Waals surface area (Å²) >= 11 is 0. The van der Waals surface area contributed by atoms with E-state index in [0.717, 1.165) is 0 Å². The number of alkyl carbamates (subject to hydrolysis) is 1. The van der Waals surface area contributed by atoms with Crippen LogP contribution in [0.3, 0.4) is 0 Å². The first kappa shape index (κ1) is 30.2. The third-order valence-electron chi connectivity index (χ3n) is 4.18. The number of carboxylic acids is 1. The highest BCUT2D eigenvalue weighted by atomic mass is 19.3. The number of ketones is 1. The summed E-state index contributed by atoms with van der Waals surface area (Å²) < 4.78 is 30.7. The number of alkyl halides is 2. The predicted molar refractivity (Wildman–Crippen MR) is 115 cm³/mol. The van der Waals surface area contributed by atoms with Gasteiger partial charge in [0.1, 0.15) is 23.7 Å². The fourth-order valence-corrected chi connectivity index (χ4v) is 2.81. The van der Waals surface area contributed by atoms with Gasteiger partial charge in [-0.2, -0.15) is 0 Å². The summed E-state index contributed by atoms with van der Waals surface area (Å²) in [5, 5.41) is 15.7. The van der Waals surface area contributed by atoms with E-state index in [1.54, 1.807) is 41.5 Å². The van der Waals surface area contributed by atoms with Crippen molar-refractivity contribution in [1.82, 2.24) is 16.0 Å². The highest BCUT2D eigenvalue weighted by Crippen LogP contribution is 2.11. The van der Waals surface area contributed by atoms with E-state index in [1.807, 2.05) is 5.32 Å². The summed E-state index contributed by atoms with van der Waals surface area (Å²) in [7, 11) is 0. The molecule has 0 fully saturated rings. The molecule has 1 unspecified atom stereocenters. The van der Waals surface area contributed by atoms with Crippen LogP contribution in [0.25, 0.3) is 0 Å². The van der Waals surface area contributed by atoms with E-state index in [-0.39, 0.29) is 18.8 Å². The molecule has 0 aliphatic carbocycles. The molecular weight excluding hydrogens is 444 g/mol. The van der Waals surface area contributed by atoms with E-state index in [4.69, 9.17) is 9.84 Å². The lowest BCUT2D eigenvalue weighted by molar-refractivity contribution is -0.151. The smallest absolute Gasteiger partial charge is 0.408 e. The van der Waals surface area contributed by atoms with E-state index in [9.17, 15) is 32.8 Å². The lowest BCUT2D eigenvalue weighted by Crippen LogP contribution is -2.57. The number of carbonyl (C=O) groups excluding carboxylic acids is 4. The second kappa shape index (κ2) is 13.7. The molecule has 0 saturated heterocycles. The van der Waals surface area contributed by atoms with Gasteiger partial charge in [-0.3, -0.25) is 14.4 Å². The van der Waals surface area contributed by atoms with Crippen LogP contribution in [0, 0.1) is 5.92 Å². The average Bonchev–Trinajstić information content (AvgIpc) is 2.63. The van der Waals surface area contributed by atoms with Crippen molar-refractivity contribution in [2.45, 2.75) is 97.4 Å². The van der Waals surface area contributed by atoms with Crippen molar-refractivity contribution < 1.29 is 42.6 Å². The minimum atomic E-state index is -3.04. The molecule has 4 N–H and O–H groups in total. The number of hydrogen-bond acceptors (Lipinski definition) is 6. The second-order valence-electron chi connectivity index (χ2n) is 9.04. The molecule has 0 aliphatic rings. The van der Waals surface area contributed by atoms with Crippen LogP contribution in [0.15, 0.2) is 0 Å². The van der Waals surface area contributed by atoms with E-state index >= 15 is 0 Å². The molecule has 0 saturated carbocycles. The zero-order valence-electron chi connectivity index (χ0n) is 19.9. The lowest BCUT2D eigenvalue weighted by Gasteiger charge is -2.26. The first-order chi connectivity index (χ1) is 15.1. The molecule has 3 atom stereocenters. The third-order valence-corrected chi connectivity index (χ3v) is 4.18. The highest BCUT2D eigenvalue weighted by molar-refractivity contribution is 6.35. The number of halogens is 2. The number of carboxylic acid groups (broad SMARTS) is 1. The minimum Gasteiger partial charge on any atom is -0.475 e. The Morgan fingerprint density at radius 1 is 0.879 bits per heavy atom. The molecule has 0 bridgehead atoms. The van der Waals surface area contributed by atoms with E-state index in [1.165, 1.54) is 0 Å². The molecule has 0 aromatic rings. The van der Waals surface area contributed by atoms with Crippen molar-refractivity contribution in [3.05, 3.63) is 0 Å². The molecule has 0 aromatic heterocycles. The Bertz CT molecular complexity index is 708. The number of aliphatic carboxylic acids is 1. The standard InChI is InChI=1S/C21H35F2N3O7/c1-7-8-12(26-20(32)33-21(4,5)6)17(28)25-14(9-11(2)3)18(29)24-13(10-15(22)23)16(27)19(30)31/h11-15H,7-10H2,1-6H3,(H,24,29)(H,25,28)(H,26,32)(H,30,31)/t12-,13?,14-/m0/s1. The van der Waals surface area contributed by atoms with Gasteiger partial charge in [-0.05, 0) is 39.5 Å². The maximum atomic E-state index is 12.8. The van der Waals surface area contributed by atoms with Crippen LogP contribution in [-0.2, 0) is 23.9 Å². The number of amides is 3. The quantitative estimate of drug-likeness (QED) is 0.295. The van der Waals surface area contributed by atoms with Crippen molar-refractivity contribution in [3.8, 4) is 0 Å². The molecular formula is C21H35F2N3O7. The van der Waals surface area contributed by atoms with Crippen molar-refractivity contribution >= 4 is 29.7 Å². The van der Waals surface area contributed by atoms with Gasteiger partial charge in [0.25, 0.3) is 5.78 Å². The second-order valence-corrected chi connectivity index (χ2v) is 9.04. The summed E-state index contributed by atoms with van der Waals surface area (Å²) in [6.45, 7) is 10.2. The van der Waals surface area contributed by atoms with Crippen LogP contribution in [0.2, 0.25) is 0 Å². The fraction of sp³-hybridized carbons (Fsp3) is 0.762. The molecule has 12 heteroatoms. The van der Waals surface area contributed by atoms with Gasteiger partial charge in [-0.15, -0.1) is 0 Å². The van der Waals surface area contributed by atoms with Crippen molar-refractivity contribution in [1.29, 1.82) is 0 Å². The van der Waals surface area contributed by atoms with Crippen LogP contribution in [0.4, 0.5) is 13.6 Å². The molecule has 33 heavy (non-hydrogen) atoms. The number of Topliss-reactive ketones (excluding diaryl/α,β-unsaturated/α-hetero) is 1. The Balaban J connectivity index is 5.52. The Morgan fingerprint density at radius 2 is 1.39 bits per heavy atom. The number of hydrogen-bond donors (Lipinski definition) is 4. The van der Waals surface area contributed by atoms with Crippen LogP contribution in [0.5, 0.6) is 0 Å². The molecule has 0 radical (unpaired) electrons. The fourth-order valence-electron chi connectivity index (χ4n) is 2.81. The summed E-state index contributed by atoms with van der Waals surface area (Å²) in [6.07, 6.45) is -4.23. The number of nitrogens with one attached hydrogen (secondary N) is 3. The molecule has 0 heterocycles. The van der Waals surface area contributed by atoms with Crippen LogP contribution in [-0.4, -0.2) is 64.9 Å². The molecule has 10 nitrogen and oxygen atoms in total. The van der Waals surface area contributed by atoms with Crippen LogP contribution < -0.4 is 16.0 Å². The Labute approximate surface area is 192 Å². The molecule has 0 aromatic carbocycles. The first-order valence-electron chi connectivity index (χ1n) is 10.7. The predicted octanol–water partition coefficient (Wildman–Crippen LogP) is 2.00. The van der Waals surface area contributed by atoms with Gasteiger partial charge >= 0.3 is 12.1 Å². The number of ether oxygens (including phenoxy) is 1. The molecule has 0 spiro atoms. The molecule has 0 rings (SSSR count). The summed E-state index contributed by atoms with van der Waals surface area (Å²) in [6, 6.07) is -4.24. The Hall–Kier alpha value is -2.79. The van der Waals surface area contributed by atoms with E-state index in [0.29, 0.717) is 6.42 Å². The van der Waals surface area contributed by atoms with Crippen LogP contribution >= 0.6 is 0 Å². The zero-order chi connectivity index (χ0) is 25.9. The normalized spacial score (nSPS) is 14.2. The Morgan fingerprint density at radius 3 is 1.82 bits per heavy atom. The van der Waals surface area contributed by atoms with Gasteiger partial charge in [-0.1, -0.05) is 27.2 Å². The molecule has 0 aliphatic heterocycles. The van der Waals surface area contributed by atoms with Gasteiger partial charge in [-0.25, -0.2) is 18.4 Å². The zero-order valence-corrected chi connectivity index (χ0v) is 19.9. The third kappa shape index (κ3) is 12.7. The largest absolute Gasteiger partial charge is 0.475 e. The summed E-state index contributed by atoms with van der Waals surface area (Å²) in [5.41, 5.74) is -0.798. The lowest BCUT2D eigenvalue weighted by atomic mass is 10.0. The topological polar surface area (TPSA) is 151 Å². The Kier molecular flexibility index (Phi) is 12.5. The average molecular weight is 480 g/mol. The van der Waals surface area contributed by atoms with Gasteiger partial charge in [0.2, 0.25) is 18.2 Å². The van der Waals surface area contributed by atoms with Gasteiger partial charge in [0.05, 0.1) is 0 Å². The number of rotatable bonds is 13. The summed E-state index contributed by atoms with van der Waals surface area (Å²) in [4.78, 5) is 60.2. The van der Waals surface area contributed by atoms with Crippen LogP contribution in [0.1, 0.15) is 67.2 Å². The monoisotopic (exact) mass is 479 g/mol. The SMILES string of the molecule is CCC[C@H](NC(=O)OC(C)(C)C)C(=O)N[C@@H](CC(C)C)C(=O)NC(CC(F)F)C(=O)C(=O)O. The first-order valence-corrected chi connectivity index (χ1v) is 10.7. The van der Waals surface area contributed by atoms with E-state index in [2.05, 4.69) is 10.6 Å². The molecule has 3 amide bonds. The maximum absolute atomic E-state index is 12.8. The van der Waals surface area contributed by atoms with Gasteiger partial charge < -0.3 is 25.8 Å². The van der Waals surface area contributed by atoms with Crippen molar-refractivity contribution in [3.63, 3.8) is 0 Å². The van der Waals surface area contributed by atoms with Gasteiger partial charge in [0.15, 0.2) is 0 Å². The van der Waals surface area contributed by atoms with E-state index < -0.39 is 66.2 Å². The van der Waals surface area contributed by atoms with Crippen molar-refractivity contribution in [2.75, 3.05) is 0 Å².